The van der Waals surface area contributed by atoms with Crippen molar-refractivity contribution in [1.82, 2.24) is 4.98 Å². The first kappa shape index (κ1) is 13.9. The molecule has 1 aliphatic rings. The molecule has 3 rings (SSSR count). The highest BCUT2D eigenvalue weighted by Gasteiger charge is 2.30. The van der Waals surface area contributed by atoms with E-state index in [1.54, 1.807) is 18.2 Å². The monoisotopic (exact) mass is 327 g/mol. The number of halogens is 2. The molecule has 0 fully saturated rings. The lowest BCUT2D eigenvalue weighted by atomic mass is 9.91. The van der Waals surface area contributed by atoms with E-state index < -0.39 is 11.9 Å². The summed E-state index contributed by atoms with van der Waals surface area (Å²) in [5, 5.41) is 11.1. The summed E-state index contributed by atoms with van der Waals surface area (Å²) in [6, 6.07) is 5.30. The molecule has 6 heteroatoms. The molecule has 0 bridgehead atoms. The predicted molar refractivity (Wildman–Crippen MR) is 80.9 cm³/mol. The molecule has 0 aliphatic heterocycles. The fraction of sp³-hybridized carbons (Fsp3) is 0.286. The van der Waals surface area contributed by atoms with E-state index in [2.05, 4.69) is 4.98 Å². The average molecular weight is 328 g/mol. The second-order valence-electron chi connectivity index (χ2n) is 4.71. The highest BCUT2D eigenvalue weighted by Crippen LogP contribution is 2.42. The Kier molecular flexibility index (Phi) is 3.71. The maximum absolute atomic E-state index is 11.3. The summed E-state index contributed by atoms with van der Waals surface area (Å²) in [5.41, 5.74) is 1.37. The van der Waals surface area contributed by atoms with Crippen molar-refractivity contribution in [3.8, 4) is 10.6 Å². The molecular weight excluding hydrogens is 317 g/mol. The molecule has 1 unspecified atom stereocenters. The molecule has 0 amide bonds. The Labute approximate surface area is 130 Å². The van der Waals surface area contributed by atoms with E-state index in [-0.39, 0.29) is 0 Å². The number of hydrogen-bond donors (Lipinski definition) is 1. The van der Waals surface area contributed by atoms with Crippen LogP contribution in [0.1, 0.15) is 29.3 Å². The number of benzene rings is 1. The van der Waals surface area contributed by atoms with Crippen molar-refractivity contribution in [2.45, 2.75) is 25.2 Å². The van der Waals surface area contributed by atoms with Gasteiger partial charge in [-0.15, -0.1) is 11.3 Å². The Morgan fingerprint density at radius 2 is 2.05 bits per heavy atom. The summed E-state index contributed by atoms with van der Waals surface area (Å²) in [4.78, 5) is 16.9. The number of fused-ring (bicyclic) bond motifs is 1. The molecule has 104 valence electrons. The summed E-state index contributed by atoms with van der Waals surface area (Å²) in [6.07, 6.45) is 2.39. The molecule has 1 atom stereocenters. The van der Waals surface area contributed by atoms with E-state index in [1.807, 2.05) is 0 Å². The smallest absolute Gasteiger partial charge is 0.312 e. The van der Waals surface area contributed by atoms with E-state index in [9.17, 15) is 9.90 Å². The molecule has 1 heterocycles. The number of thiazole rings is 1. The molecule has 20 heavy (non-hydrogen) atoms. The minimum atomic E-state index is -0.812. The van der Waals surface area contributed by atoms with Gasteiger partial charge in [0.05, 0.1) is 21.7 Å². The number of carboxylic acid groups (broad SMARTS) is 1. The minimum Gasteiger partial charge on any atom is -0.481 e. The Morgan fingerprint density at radius 3 is 2.70 bits per heavy atom. The van der Waals surface area contributed by atoms with Gasteiger partial charge in [0.25, 0.3) is 0 Å². The van der Waals surface area contributed by atoms with Crippen LogP contribution in [0.4, 0.5) is 0 Å². The van der Waals surface area contributed by atoms with Gasteiger partial charge in [-0.1, -0.05) is 29.3 Å². The van der Waals surface area contributed by atoms with Crippen molar-refractivity contribution >= 4 is 40.5 Å². The number of aromatic nitrogens is 1. The van der Waals surface area contributed by atoms with Gasteiger partial charge in [-0.25, -0.2) is 4.98 Å². The fourth-order valence-electron chi connectivity index (χ4n) is 2.47. The van der Waals surface area contributed by atoms with Gasteiger partial charge in [0.15, 0.2) is 0 Å². The van der Waals surface area contributed by atoms with Gasteiger partial charge >= 0.3 is 5.97 Å². The molecule has 0 saturated heterocycles. The van der Waals surface area contributed by atoms with Crippen LogP contribution in [0.25, 0.3) is 10.6 Å². The molecule has 3 nitrogen and oxygen atoms in total. The molecule has 2 aromatic rings. The van der Waals surface area contributed by atoms with Gasteiger partial charge in [-0.2, -0.15) is 0 Å². The summed E-state index contributed by atoms with van der Waals surface area (Å²) >= 11 is 13.9. The number of carbonyl (C=O) groups is 1. The van der Waals surface area contributed by atoms with Crippen LogP contribution in [-0.4, -0.2) is 16.1 Å². The van der Waals surface area contributed by atoms with Crippen LogP contribution in [0, 0.1) is 0 Å². The van der Waals surface area contributed by atoms with Crippen molar-refractivity contribution < 1.29 is 9.90 Å². The quantitative estimate of drug-likeness (QED) is 0.875. The van der Waals surface area contributed by atoms with Crippen LogP contribution in [0.2, 0.25) is 10.0 Å². The normalized spacial score (nSPS) is 17.8. The Morgan fingerprint density at radius 1 is 1.35 bits per heavy atom. The third-order valence-corrected chi connectivity index (χ3v) is 5.21. The second-order valence-corrected chi connectivity index (χ2v) is 6.61. The fourth-order valence-corrected chi connectivity index (χ4v) is 4.39. The zero-order valence-corrected chi connectivity index (χ0v) is 12.7. The van der Waals surface area contributed by atoms with Crippen LogP contribution in [0.3, 0.4) is 0 Å². The molecule has 0 saturated carbocycles. The third kappa shape index (κ3) is 2.32. The zero-order chi connectivity index (χ0) is 14.3. The second kappa shape index (κ2) is 5.35. The van der Waals surface area contributed by atoms with Gasteiger partial charge < -0.3 is 5.11 Å². The molecule has 1 aromatic heterocycles. The molecule has 0 spiro atoms. The highest BCUT2D eigenvalue weighted by atomic mass is 35.5. The van der Waals surface area contributed by atoms with E-state index in [0.29, 0.717) is 32.7 Å². The third-order valence-electron chi connectivity index (χ3n) is 3.43. The summed E-state index contributed by atoms with van der Waals surface area (Å²) in [5.74, 6) is -1.32. The summed E-state index contributed by atoms with van der Waals surface area (Å²) in [7, 11) is 0. The van der Waals surface area contributed by atoms with Crippen LogP contribution >= 0.6 is 34.5 Å². The number of aryl methyl sites for hydroxylation is 1. The number of hydrogen-bond acceptors (Lipinski definition) is 3. The van der Waals surface area contributed by atoms with E-state index in [1.165, 1.54) is 11.3 Å². The van der Waals surface area contributed by atoms with Crippen LogP contribution in [-0.2, 0) is 11.2 Å². The zero-order valence-electron chi connectivity index (χ0n) is 10.4. The predicted octanol–water partition coefficient (Wildman–Crippen LogP) is 4.62. The summed E-state index contributed by atoms with van der Waals surface area (Å²) < 4.78 is 0. The number of aliphatic carboxylic acids is 1. The van der Waals surface area contributed by atoms with Crippen LogP contribution in [0.5, 0.6) is 0 Å². The van der Waals surface area contributed by atoms with Crippen LogP contribution in [0.15, 0.2) is 18.2 Å². The van der Waals surface area contributed by atoms with Crippen molar-refractivity contribution in [3.63, 3.8) is 0 Å². The van der Waals surface area contributed by atoms with Gasteiger partial charge in [-0.3, -0.25) is 4.79 Å². The SMILES string of the molecule is O=C(O)C1CCCc2sc(-c3c(Cl)cccc3Cl)nc21. The standard InChI is InChI=1S/C14H11Cl2NO2S/c15-8-4-2-5-9(16)11(8)13-17-12-7(14(18)19)3-1-6-10(12)20-13/h2,4-5,7H,1,3,6H2,(H,18,19). The Hall–Kier alpha value is -1.10. The number of nitrogens with zero attached hydrogens (tertiary/aromatic N) is 1. The molecule has 1 N–H and O–H groups in total. The van der Waals surface area contributed by atoms with Crippen LogP contribution < -0.4 is 0 Å². The first-order valence-corrected chi connectivity index (χ1v) is 7.82. The van der Waals surface area contributed by atoms with E-state index >= 15 is 0 Å². The van der Waals surface area contributed by atoms with E-state index in [4.69, 9.17) is 23.2 Å². The Bertz CT molecular complexity index is 664. The first-order chi connectivity index (χ1) is 9.58. The van der Waals surface area contributed by atoms with Crippen molar-refractivity contribution in [1.29, 1.82) is 0 Å². The number of rotatable bonds is 2. The average Bonchev–Trinajstić information content (AvgIpc) is 2.81. The van der Waals surface area contributed by atoms with E-state index in [0.717, 1.165) is 17.7 Å². The summed E-state index contributed by atoms with van der Waals surface area (Å²) in [6.45, 7) is 0. The molecule has 1 aliphatic carbocycles. The number of carboxylic acids is 1. The lowest BCUT2D eigenvalue weighted by molar-refractivity contribution is -0.139. The minimum absolute atomic E-state index is 0.509. The van der Waals surface area contributed by atoms with Crippen molar-refractivity contribution in [2.75, 3.05) is 0 Å². The Balaban J connectivity index is 2.12. The molecule has 1 aromatic carbocycles. The highest BCUT2D eigenvalue weighted by molar-refractivity contribution is 7.15. The maximum atomic E-state index is 11.3. The lowest BCUT2D eigenvalue weighted by Gasteiger charge is -2.16. The molecule has 0 radical (unpaired) electrons. The molecular formula is C14H11Cl2NO2S. The first-order valence-electron chi connectivity index (χ1n) is 6.24. The van der Waals surface area contributed by atoms with Crippen molar-refractivity contribution in [2.24, 2.45) is 0 Å². The topological polar surface area (TPSA) is 50.2 Å². The van der Waals surface area contributed by atoms with Crippen molar-refractivity contribution in [3.05, 3.63) is 38.8 Å². The lowest BCUT2D eigenvalue weighted by Crippen LogP contribution is -2.17. The van der Waals surface area contributed by atoms with Gasteiger partial charge in [-0.05, 0) is 31.4 Å². The van der Waals surface area contributed by atoms with Gasteiger partial charge in [0.2, 0.25) is 0 Å². The van der Waals surface area contributed by atoms with Gasteiger partial charge in [0.1, 0.15) is 5.01 Å². The van der Waals surface area contributed by atoms with Gasteiger partial charge in [0, 0.05) is 10.4 Å². The largest absolute Gasteiger partial charge is 0.481 e. The maximum Gasteiger partial charge on any atom is 0.312 e.